The van der Waals surface area contributed by atoms with Crippen LogP contribution in [0.4, 0.5) is 0 Å². The van der Waals surface area contributed by atoms with Gasteiger partial charge in [0.05, 0.1) is 19.8 Å². The molecule has 19 heavy (non-hydrogen) atoms. The summed E-state index contributed by atoms with van der Waals surface area (Å²) >= 11 is 0. The number of amides is 1. The third-order valence-corrected chi connectivity index (χ3v) is 2.71. The van der Waals surface area contributed by atoms with E-state index in [-0.39, 0.29) is 6.61 Å². The van der Waals surface area contributed by atoms with Crippen LogP contribution in [0.25, 0.3) is 0 Å². The lowest BCUT2D eigenvalue weighted by molar-refractivity contribution is -0.126. The molecule has 0 saturated heterocycles. The summed E-state index contributed by atoms with van der Waals surface area (Å²) in [6.07, 6.45) is 1.72. The Bertz CT molecular complexity index is 239. The molecule has 0 aromatic heterocycles. The van der Waals surface area contributed by atoms with E-state index in [4.69, 9.17) is 19.9 Å². The maximum atomic E-state index is 11.4. The van der Waals surface area contributed by atoms with Gasteiger partial charge in [0, 0.05) is 20.3 Å². The molecule has 6 nitrogen and oxygen atoms in total. The molecule has 0 aliphatic carbocycles. The van der Waals surface area contributed by atoms with Crippen LogP contribution in [0, 0.1) is 0 Å². The summed E-state index contributed by atoms with van der Waals surface area (Å²) in [6, 6.07) is 0. The van der Waals surface area contributed by atoms with Gasteiger partial charge in [0.15, 0.2) is 0 Å². The molecule has 0 aromatic rings. The Labute approximate surface area is 116 Å². The van der Waals surface area contributed by atoms with Gasteiger partial charge in [0.1, 0.15) is 5.54 Å². The molecule has 0 aromatic carbocycles. The van der Waals surface area contributed by atoms with E-state index in [9.17, 15) is 4.79 Å². The van der Waals surface area contributed by atoms with Crippen molar-refractivity contribution in [3.8, 4) is 0 Å². The second-order valence-electron chi connectivity index (χ2n) is 4.63. The first-order chi connectivity index (χ1) is 9.06. The first-order valence-electron chi connectivity index (χ1n) is 6.76. The number of nitrogens with one attached hydrogen (secondary N) is 1. The Balaban J connectivity index is 3.67. The first-order valence-corrected chi connectivity index (χ1v) is 6.76. The molecule has 0 bridgehead atoms. The van der Waals surface area contributed by atoms with Gasteiger partial charge in [-0.15, -0.1) is 0 Å². The summed E-state index contributed by atoms with van der Waals surface area (Å²) < 4.78 is 15.7. The number of methoxy groups -OCH3 is 1. The van der Waals surface area contributed by atoms with Gasteiger partial charge in [0.2, 0.25) is 5.91 Å². The fraction of sp³-hybridized carbons (Fsp3) is 0.923. The summed E-state index contributed by atoms with van der Waals surface area (Å²) in [7, 11) is 1.64. The normalized spacial score (nSPS) is 14.3. The molecule has 6 heteroatoms. The monoisotopic (exact) mass is 276 g/mol. The molecule has 1 atom stereocenters. The van der Waals surface area contributed by atoms with Crippen molar-refractivity contribution in [1.82, 2.24) is 5.32 Å². The van der Waals surface area contributed by atoms with Crippen molar-refractivity contribution in [3.63, 3.8) is 0 Å². The van der Waals surface area contributed by atoms with E-state index in [1.807, 2.05) is 6.92 Å². The Morgan fingerprint density at radius 2 is 1.89 bits per heavy atom. The molecule has 0 aliphatic heterocycles. The van der Waals surface area contributed by atoms with E-state index in [0.717, 1.165) is 19.4 Å². The van der Waals surface area contributed by atoms with Crippen LogP contribution in [0.5, 0.6) is 0 Å². The highest BCUT2D eigenvalue weighted by atomic mass is 16.5. The highest BCUT2D eigenvalue weighted by Gasteiger charge is 2.30. The van der Waals surface area contributed by atoms with Crippen LogP contribution >= 0.6 is 0 Å². The summed E-state index contributed by atoms with van der Waals surface area (Å²) in [5, 5.41) is 3.12. The lowest BCUT2D eigenvalue weighted by Crippen LogP contribution is -2.56. The van der Waals surface area contributed by atoms with Crippen LogP contribution in [0.1, 0.15) is 26.7 Å². The SMILES string of the molecule is CCCNC(C)(COCCCOCCOC)C(N)=O. The minimum atomic E-state index is -0.799. The lowest BCUT2D eigenvalue weighted by Gasteiger charge is -2.27. The van der Waals surface area contributed by atoms with Crippen LogP contribution in [0.3, 0.4) is 0 Å². The topological polar surface area (TPSA) is 82.8 Å². The van der Waals surface area contributed by atoms with Gasteiger partial charge in [-0.25, -0.2) is 0 Å². The molecule has 1 unspecified atom stereocenters. The Kier molecular flexibility index (Phi) is 10.8. The summed E-state index contributed by atoms with van der Waals surface area (Å²) in [6.45, 7) is 7.17. The van der Waals surface area contributed by atoms with Crippen molar-refractivity contribution in [1.29, 1.82) is 0 Å². The van der Waals surface area contributed by atoms with Gasteiger partial charge in [-0.05, 0) is 26.3 Å². The van der Waals surface area contributed by atoms with Crippen LogP contribution < -0.4 is 11.1 Å². The number of nitrogens with two attached hydrogens (primary N) is 1. The van der Waals surface area contributed by atoms with E-state index in [0.29, 0.717) is 26.4 Å². The van der Waals surface area contributed by atoms with Crippen molar-refractivity contribution in [2.75, 3.05) is 46.7 Å². The largest absolute Gasteiger partial charge is 0.382 e. The highest BCUT2D eigenvalue weighted by Crippen LogP contribution is 2.04. The Morgan fingerprint density at radius 1 is 1.21 bits per heavy atom. The smallest absolute Gasteiger partial charge is 0.239 e. The van der Waals surface area contributed by atoms with Crippen molar-refractivity contribution in [2.45, 2.75) is 32.2 Å². The van der Waals surface area contributed by atoms with Crippen molar-refractivity contribution >= 4 is 5.91 Å². The molecule has 1 amide bonds. The van der Waals surface area contributed by atoms with Gasteiger partial charge < -0.3 is 25.3 Å². The molecular formula is C13H28N2O4. The number of hydrogen-bond acceptors (Lipinski definition) is 5. The average Bonchev–Trinajstić information content (AvgIpc) is 2.39. The fourth-order valence-electron chi connectivity index (χ4n) is 1.39. The highest BCUT2D eigenvalue weighted by molar-refractivity contribution is 5.84. The van der Waals surface area contributed by atoms with Gasteiger partial charge in [0.25, 0.3) is 0 Å². The minimum Gasteiger partial charge on any atom is -0.382 e. The second kappa shape index (κ2) is 11.2. The number of carbonyl (C=O) groups excluding carboxylic acids is 1. The van der Waals surface area contributed by atoms with E-state index in [2.05, 4.69) is 5.32 Å². The van der Waals surface area contributed by atoms with Crippen LogP contribution in [-0.2, 0) is 19.0 Å². The maximum Gasteiger partial charge on any atom is 0.239 e. The quantitative estimate of drug-likeness (QED) is 0.473. The number of rotatable bonds is 13. The second-order valence-corrected chi connectivity index (χ2v) is 4.63. The van der Waals surface area contributed by atoms with Gasteiger partial charge >= 0.3 is 0 Å². The molecule has 0 radical (unpaired) electrons. The zero-order chi connectivity index (χ0) is 14.6. The molecule has 0 spiro atoms. The first kappa shape index (κ1) is 18.3. The van der Waals surface area contributed by atoms with Crippen molar-refractivity contribution in [3.05, 3.63) is 0 Å². The molecule has 114 valence electrons. The summed E-state index contributed by atoms with van der Waals surface area (Å²) in [4.78, 5) is 11.4. The predicted molar refractivity (Wildman–Crippen MR) is 74.0 cm³/mol. The molecule has 0 rings (SSSR count). The summed E-state index contributed by atoms with van der Waals surface area (Å²) in [5.41, 5.74) is 4.59. The minimum absolute atomic E-state index is 0.278. The molecule has 0 fully saturated rings. The summed E-state index contributed by atoms with van der Waals surface area (Å²) in [5.74, 6) is -0.391. The molecule has 0 saturated carbocycles. The van der Waals surface area contributed by atoms with Crippen LogP contribution in [-0.4, -0.2) is 58.1 Å². The van der Waals surface area contributed by atoms with E-state index in [1.165, 1.54) is 0 Å². The zero-order valence-electron chi connectivity index (χ0n) is 12.4. The fourth-order valence-corrected chi connectivity index (χ4v) is 1.39. The van der Waals surface area contributed by atoms with E-state index >= 15 is 0 Å². The number of hydrogen-bond donors (Lipinski definition) is 2. The molecule has 0 heterocycles. The van der Waals surface area contributed by atoms with Crippen LogP contribution in [0.2, 0.25) is 0 Å². The lowest BCUT2D eigenvalue weighted by atomic mass is 10.0. The van der Waals surface area contributed by atoms with E-state index < -0.39 is 11.4 Å². The molecule has 0 aliphatic rings. The van der Waals surface area contributed by atoms with Gasteiger partial charge in [-0.3, -0.25) is 4.79 Å². The maximum absolute atomic E-state index is 11.4. The van der Waals surface area contributed by atoms with Crippen LogP contribution in [0.15, 0.2) is 0 Å². The standard InChI is InChI=1S/C13H28N2O4/c1-4-6-15-13(2,12(14)16)11-19-8-5-7-18-10-9-17-3/h15H,4-11H2,1-3H3,(H2,14,16). The average molecular weight is 276 g/mol. The van der Waals surface area contributed by atoms with Gasteiger partial charge in [-0.1, -0.05) is 6.92 Å². The van der Waals surface area contributed by atoms with Crippen molar-refractivity contribution in [2.24, 2.45) is 5.73 Å². The number of carbonyl (C=O) groups is 1. The molecule has 3 N–H and O–H groups in total. The number of primary amides is 1. The zero-order valence-corrected chi connectivity index (χ0v) is 12.4. The number of ether oxygens (including phenoxy) is 3. The van der Waals surface area contributed by atoms with E-state index in [1.54, 1.807) is 14.0 Å². The predicted octanol–water partition coefficient (Wildman–Crippen LogP) is 0.300. The molecular weight excluding hydrogens is 248 g/mol. The Hall–Kier alpha value is -0.690. The van der Waals surface area contributed by atoms with Gasteiger partial charge in [-0.2, -0.15) is 0 Å². The van der Waals surface area contributed by atoms with Crippen molar-refractivity contribution < 1.29 is 19.0 Å². The third kappa shape index (κ3) is 8.93. The Morgan fingerprint density at radius 3 is 2.47 bits per heavy atom. The third-order valence-electron chi connectivity index (χ3n) is 2.71.